The van der Waals surface area contributed by atoms with Crippen LogP contribution in [0.15, 0.2) is 41.0 Å². The number of rotatable bonds is 3. The Morgan fingerprint density at radius 2 is 1.90 bits per heavy atom. The molecule has 2 aromatic rings. The van der Waals surface area contributed by atoms with E-state index in [1.165, 1.54) is 0 Å². The maximum Gasteiger partial charge on any atom is 0.274 e. The van der Waals surface area contributed by atoms with Crippen LogP contribution in [0.25, 0.3) is 0 Å². The summed E-state index contributed by atoms with van der Waals surface area (Å²) in [4.78, 5) is 27.7. The molecular weight excluding hydrogens is 334 g/mol. The third-order valence-corrected chi connectivity index (χ3v) is 3.39. The predicted molar refractivity (Wildman–Crippen MR) is 84.5 cm³/mol. The molecule has 0 fully saturated rings. The number of carbonyl (C=O) groups excluding carboxylic acids is 2. The largest absolute Gasteiger partial charge is 0.355 e. The van der Waals surface area contributed by atoms with Crippen molar-refractivity contribution in [1.82, 2.24) is 10.3 Å². The van der Waals surface area contributed by atoms with Crippen molar-refractivity contribution in [3.8, 4) is 0 Å². The second-order valence-corrected chi connectivity index (χ2v) is 5.34. The number of aryl methyl sites for hydroxylation is 1. The van der Waals surface area contributed by atoms with Gasteiger partial charge in [0.15, 0.2) is 0 Å². The van der Waals surface area contributed by atoms with Crippen LogP contribution in [-0.4, -0.2) is 23.8 Å². The fourth-order valence-electron chi connectivity index (χ4n) is 1.79. The number of benzene rings is 1. The quantitative estimate of drug-likeness (QED) is 0.896. The van der Waals surface area contributed by atoms with Crippen LogP contribution in [0, 0.1) is 6.92 Å². The van der Waals surface area contributed by atoms with Crippen LogP contribution in [0.1, 0.15) is 26.4 Å². The SMILES string of the molecule is CNC(=O)c1ccc(NC(=O)c2ccc(Br)cn2)c(C)c1. The molecule has 0 atom stereocenters. The molecule has 0 aliphatic heterocycles. The summed E-state index contributed by atoms with van der Waals surface area (Å²) >= 11 is 3.27. The molecule has 5 nitrogen and oxygen atoms in total. The van der Waals surface area contributed by atoms with Crippen LogP contribution in [0.2, 0.25) is 0 Å². The maximum atomic E-state index is 12.1. The maximum absolute atomic E-state index is 12.1. The lowest BCUT2D eigenvalue weighted by Gasteiger charge is -2.09. The Labute approximate surface area is 130 Å². The number of nitrogens with one attached hydrogen (secondary N) is 2. The molecule has 21 heavy (non-hydrogen) atoms. The lowest BCUT2D eigenvalue weighted by atomic mass is 10.1. The zero-order valence-corrected chi connectivity index (χ0v) is 13.2. The van der Waals surface area contributed by atoms with Crippen LogP contribution in [0.4, 0.5) is 5.69 Å². The summed E-state index contributed by atoms with van der Waals surface area (Å²) in [7, 11) is 1.58. The van der Waals surface area contributed by atoms with Crippen molar-refractivity contribution in [3.05, 3.63) is 57.8 Å². The van der Waals surface area contributed by atoms with Gasteiger partial charge in [-0.15, -0.1) is 0 Å². The number of amides is 2. The van der Waals surface area contributed by atoms with Gasteiger partial charge in [0.05, 0.1) is 0 Å². The zero-order valence-electron chi connectivity index (χ0n) is 11.6. The van der Waals surface area contributed by atoms with Crippen molar-refractivity contribution in [2.24, 2.45) is 0 Å². The van der Waals surface area contributed by atoms with Crippen molar-refractivity contribution in [3.63, 3.8) is 0 Å². The minimum absolute atomic E-state index is 0.162. The molecule has 2 rings (SSSR count). The number of carbonyl (C=O) groups is 2. The van der Waals surface area contributed by atoms with E-state index < -0.39 is 0 Å². The third-order valence-electron chi connectivity index (χ3n) is 2.92. The monoisotopic (exact) mass is 347 g/mol. The van der Waals surface area contributed by atoms with E-state index in [4.69, 9.17) is 0 Å². The minimum atomic E-state index is -0.293. The van der Waals surface area contributed by atoms with Gasteiger partial charge in [-0.1, -0.05) is 0 Å². The Hall–Kier alpha value is -2.21. The number of pyridine rings is 1. The van der Waals surface area contributed by atoms with Crippen molar-refractivity contribution in [2.75, 3.05) is 12.4 Å². The number of aromatic nitrogens is 1. The van der Waals surface area contributed by atoms with Crippen LogP contribution < -0.4 is 10.6 Å². The smallest absolute Gasteiger partial charge is 0.274 e. The second-order valence-electron chi connectivity index (χ2n) is 4.42. The molecule has 1 heterocycles. The molecule has 0 spiro atoms. The van der Waals surface area contributed by atoms with Gasteiger partial charge >= 0.3 is 0 Å². The van der Waals surface area contributed by atoms with Gasteiger partial charge in [0.25, 0.3) is 11.8 Å². The fourth-order valence-corrected chi connectivity index (χ4v) is 2.02. The topological polar surface area (TPSA) is 71.1 Å². The van der Waals surface area contributed by atoms with E-state index in [1.54, 1.807) is 43.6 Å². The molecule has 0 unspecified atom stereocenters. The highest BCUT2D eigenvalue weighted by Gasteiger charge is 2.11. The Balaban J connectivity index is 2.18. The van der Waals surface area contributed by atoms with E-state index in [0.717, 1.165) is 10.0 Å². The molecule has 2 amide bonds. The molecule has 108 valence electrons. The molecular formula is C15H14BrN3O2. The van der Waals surface area contributed by atoms with Crippen molar-refractivity contribution >= 4 is 33.4 Å². The molecule has 0 saturated carbocycles. The van der Waals surface area contributed by atoms with Crippen LogP contribution in [0.5, 0.6) is 0 Å². The zero-order chi connectivity index (χ0) is 15.4. The van der Waals surface area contributed by atoms with Crippen molar-refractivity contribution in [2.45, 2.75) is 6.92 Å². The van der Waals surface area contributed by atoms with E-state index >= 15 is 0 Å². The van der Waals surface area contributed by atoms with Gasteiger partial charge < -0.3 is 10.6 Å². The van der Waals surface area contributed by atoms with E-state index in [2.05, 4.69) is 31.5 Å². The van der Waals surface area contributed by atoms with Crippen molar-refractivity contribution in [1.29, 1.82) is 0 Å². The number of nitrogens with zero attached hydrogens (tertiary/aromatic N) is 1. The second kappa shape index (κ2) is 6.49. The minimum Gasteiger partial charge on any atom is -0.355 e. The highest BCUT2D eigenvalue weighted by Crippen LogP contribution is 2.17. The molecule has 6 heteroatoms. The van der Waals surface area contributed by atoms with Crippen LogP contribution in [-0.2, 0) is 0 Å². The summed E-state index contributed by atoms with van der Waals surface area (Å²) in [5.74, 6) is -0.455. The summed E-state index contributed by atoms with van der Waals surface area (Å²) in [6.07, 6.45) is 1.57. The van der Waals surface area contributed by atoms with Gasteiger partial charge in [0, 0.05) is 29.0 Å². The lowest BCUT2D eigenvalue weighted by Crippen LogP contribution is -2.18. The van der Waals surface area contributed by atoms with Crippen LogP contribution in [0.3, 0.4) is 0 Å². The van der Waals surface area contributed by atoms with E-state index in [0.29, 0.717) is 16.9 Å². The highest BCUT2D eigenvalue weighted by atomic mass is 79.9. The lowest BCUT2D eigenvalue weighted by molar-refractivity contribution is 0.0962. The van der Waals surface area contributed by atoms with Gasteiger partial charge in [0.2, 0.25) is 0 Å². The average Bonchev–Trinajstić information content (AvgIpc) is 2.49. The Morgan fingerprint density at radius 3 is 2.48 bits per heavy atom. The number of halogens is 1. The van der Waals surface area contributed by atoms with Gasteiger partial charge in [-0.25, -0.2) is 4.98 Å². The first kappa shape index (κ1) is 15.2. The molecule has 2 N–H and O–H groups in total. The number of hydrogen-bond acceptors (Lipinski definition) is 3. The molecule has 1 aromatic heterocycles. The van der Waals surface area contributed by atoms with Gasteiger partial charge in [-0.3, -0.25) is 9.59 Å². The van der Waals surface area contributed by atoms with Crippen LogP contribution >= 0.6 is 15.9 Å². The first-order chi connectivity index (χ1) is 10.0. The first-order valence-corrected chi connectivity index (χ1v) is 7.06. The standard InChI is InChI=1S/C15H14BrN3O2/c1-9-7-10(14(20)17-2)3-5-12(9)19-15(21)13-6-4-11(16)8-18-13/h3-8H,1-2H3,(H,17,20)(H,19,21). The molecule has 0 aliphatic rings. The predicted octanol–water partition coefficient (Wildman–Crippen LogP) is 2.76. The van der Waals surface area contributed by atoms with Crippen molar-refractivity contribution < 1.29 is 9.59 Å². The highest BCUT2D eigenvalue weighted by molar-refractivity contribution is 9.10. The fraction of sp³-hybridized carbons (Fsp3) is 0.133. The number of anilines is 1. The third kappa shape index (κ3) is 3.66. The molecule has 0 radical (unpaired) electrons. The Morgan fingerprint density at radius 1 is 1.14 bits per heavy atom. The average molecular weight is 348 g/mol. The summed E-state index contributed by atoms with van der Waals surface area (Å²) in [5.41, 5.74) is 2.33. The summed E-state index contributed by atoms with van der Waals surface area (Å²) < 4.78 is 0.810. The van der Waals surface area contributed by atoms with E-state index in [9.17, 15) is 9.59 Å². The van der Waals surface area contributed by atoms with Gasteiger partial charge in [-0.05, 0) is 58.7 Å². The van der Waals surface area contributed by atoms with Gasteiger partial charge in [0.1, 0.15) is 5.69 Å². The van der Waals surface area contributed by atoms with Gasteiger partial charge in [-0.2, -0.15) is 0 Å². The summed E-state index contributed by atoms with van der Waals surface area (Å²) in [6, 6.07) is 8.48. The molecule has 0 saturated heterocycles. The number of hydrogen-bond donors (Lipinski definition) is 2. The molecule has 1 aromatic carbocycles. The Bertz CT molecular complexity index is 684. The first-order valence-electron chi connectivity index (χ1n) is 6.27. The van der Waals surface area contributed by atoms with E-state index in [1.807, 2.05) is 6.92 Å². The molecule has 0 aliphatic carbocycles. The molecule has 0 bridgehead atoms. The van der Waals surface area contributed by atoms with E-state index in [-0.39, 0.29) is 11.8 Å². The summed E-state index contributed by atoms with van der Waals surface area (Å²) in [6.45, 7) is 1.83. The Kier molecular flexibility index (Phi) is 4.70. The summed E-state index contributed by atoms with van der Waals surface area (Å²) in [5, 5.41) is 5.34. The normalized spacial score (nSPS) is 10.0.